The largest absolute Gasteiger partial charge is 0.459 e. The van der Waals surface area contributed by atoms with Gasteiger partial charge in [0.2, 0.25) is 0 Å². The predicted octanol–water partition coefficient (Wildman–Crippen LogP) is 4.49. The fourth-order valence-electron chi connectivity index (χ4n) is 2.93. The molecule has 0 bridgehead atoms. The summed E-state index contributed by atoms with van der Waals surface area (Å²) in [7, 11) is 0. The summed E-state index contributed by atoms with van der Waals surface area (Å²) in [5.74, 6) is 0.215. The van der Waals surface area contributed by atoms with Crippen LogP contribution in [0.4, 0.5) is 10.2 Å². The van der Waals surface area contributed by atoms with Crippen LogP contribution in [0.5, 0.6) is 0 Å². The highest BCUT2D eigenvalue weighted by molar-refractivity contribution is 6.30. The van der Waals surface area contributed by atoms with Crippen molar-refractivity contribution in [3.05, 3.63) is 65.1 Å². The molecular formula is C20H20ClFN2O2. The van der Waals surface area contributed by atoms with Crippen LogP contribution in [0, 0.1) is 5.82 Å². The van der Waals surface area contributed by atoms with Gasteiger partial charge in [-0.15, -0.1) is 0 Å². The van der Waals surface area contributed by atoms with Crippen LogP contribution in [0.1, 0.15) is 25.3 Å². The lowest BCUT2D eigenvalue weighted by Crippen LogP contribution is -2.38. The summed E-state index contributed by atoms with van der Waals surface area (Å²) in [4.78, 5) is 18.6. The molecular weight excluding hydrogens is 355 g/mol. The van der Waals surface area contributed by atoms with Crippen molar-refractivity contribution in [3.8, 4) is 0 Å². The Hall–Kier alpha value is -2.40. The Bertz CT molecular complexity index is 782. The summed E-state index contributed by atoms with van der Waals surface area (Å²) in [6, 6.07) is 9.75. The molecule has 136 valence electrons. The fourth-order valence-corrected chi connectivity index (χ4v) is 3.04. The van der Waals surface area contributed by atoms with Gasteiger partial charge in [0, 0.05) is 38.2 Å². The van der Waals surface area contributed by atoms with Crippen LogP contribution in [0.3, 0.4) is 0 Å². The number of ether oxygens (including phenoxy) is 1. The van der Waals surface area contributed by atoms with Crippen molar-refractivity contribution in [3.63, 3.8) is 0 Å². The van der Waals surface area contributed by atoms with Crippen molar-refractivity contribution in [2.75, 3.05) is 18.0 Å². The zero-order valence-corrected chi connectivity index (χ0v) is 15.2. The minimum atomic E-state index is -0.366. The van der Waals surface area contributed by atoms with Gasteiger partial charge in [-0.2, -0.15) is 0 Å². The number of rotatable bonds is 4. The second-order valence-corrected chi connectivity index (χ2v) is 6.73. The van der Waals surface area contributed by atoms with E-state index in [-0.39, 0.29) is 17.9 Å². The van der Waals surface area contributed by atoms with Crippen LogP contribution in [-0.2, 0) is 9.53 Å². The first-order valence-electron chi connectivity index (χ1n) is 8.52. The average Bonchev–Trinajstić information content (AvgIpc) is 2.63. The molecule has 1 saturated heterocycles. The quantitative estimate of drug-likeness (QED) is 0.584. The first-order valence-corrected chi connectivity index (χ1v) is 8.90. The van der Waals surface area contributed by atoms with Crippen molar-refractivity contribution in [2.24, 2.45) is 0 Å². The van der Waals surface area contributed by atoms with E-state index in [0.717, 1.165) is 42.9 Å². The van der Waals surface area contributed by atoms with E-state index in [4.69, 9.17) is 16.3 Å². The molecule has 0 N–H and O–H groups in total. The molecule has 0 saturated carbocycles. The zero-order valence-electron chi connectivity index (χ0n) is 14.5. The number of carbonyl (C=O) groups excluding carboxylic acids is 1. The number of hydrogen-bond donors (Lipinski definition) is 0. The minimum absolute atomic E-state index is 0.108. The molecule has 1 aliphatic rings. The number of hydrogen-bond acceptors (Lipinski definition) is 4. The first kappa shape index (κ1) is 18.4. The lowest BCUT2D eigenvalue weighted by molar-refractivity contribution is -0.143. The zero-order chi connectivity index (χ0) is 18.5. The summed E-state index contributed by atoms with van der Waals surface area (Å²) in [6.07, 6.45) is 4.48. The van der Waals surface area contributed by atoms with Crippen LogP contribution in [0.25, 0.3) is 5.57 Å². The molecule has 1 aromatic heterocycles. The lowest BCUT2D eigenvalue weighted by atomic mass is 10.1. The molecule has 0 aliphatic carbocycles. The normalized spacial score (nSPS) is 15.8. The summed E-state index contributed by atoms with van der Waals surface area (Å²) in [5.41, 5.74) is 1.55. The summed E-state index contributed by atoms with van der Waals surface area (Å²) in [6.45, 7) is 3.35. The Morgan fingerprint density at radius 2 is 1.92 bits per heavy atom. The third-order valence-electron chi connectivity index (χ3n) is 4.39. The van der Waals surface area contributed by atoms with E-state index in [1.807, 2.05) is 19.1 Å². The van der Waals surface area contributed by atoms with Crippen molar-refractivity contribution in [1.82, 2.24) is 4.98 Å². The van der Waals surface area contributed by atoms with Crippen LogP contribution in [-0.4, -0.2) is 30.1 Å². The molecule has 1 aromatic carbocycles. The molecule has 0 radical (unpaired) electrons. The Morgan fingerprint density at radius 1 is 1.23 bits per heavy atom. The molecule has 2 heterocycles. The second kappa shape index (κ2) is 8.32. The number of anilines is 1. The fraction of sp³-hybridized carbons (Fsp3) is 0.300. The molecule has 0 unspecified atom stereocenters. The van der Waals surface area contributed by atoms with E-state index < -0.39 is 0 Å². The van der Waals surface area contributed by atoms with Gasteiger partial charge in [-0.3, -0.25) is 0 Å². The number of benzene rings is 1. The second-order valence-electron chi connectivity index (χ2n) is 6.29. The highest BCUT2D eigenvalue weighted by atomic mass is 35.5. The average molecular weight is 375 g/mol. The number of aromatic nitrogens is 1. The molecule has 1 aliphatic heterocycles. The van der Waals surface area contributed by atoms with Gasteiger partial charge in [0.1, 0.15) is 17.7 Å². The number of esters is 1. The Balaban J connectivity index is 1.52. The highest BCUT2D eigenvalue weighted by Gasteiger charge is 2.22. The van der Waals surface area contributed by atoms with Crippen LogP contribution >= 0.6 is 11.6 Å². The SMILES string of the molecule is CC(=CC(=O)OC1CCN(c2ccc(Cl)cn2)CC1)c1ccc(F)cc1. The maximum atomic E-state index is 13.0. The van der Waals surface area contributed by atoms with Gasteiger partial charge in [-0.25, -0.2) is 14.2 Å². The standard InChI is InChI=1S/C20H20ClFN2O2/c1-14(15-2-5-17(22)6-3-15)12-20(25)26-18-8-10-24(11-9-18)19-7-4-16(21)13-23-19/h2-7,12-13,18H,8-11H2,1H3. The molecule has 0 spiro atoms. The van der Waals surface area contributed by atoms with Gasteiger partial charge in [0.05, 0.1) is 5.02 Å². The van der Waals surface area contributed by atoms with Crippen molar-refractivity contribution >= 4 is 29.0 Å². The third-order valence-corrected chi connectivity index (χ3v) is 4.62. The molecule has 6 heteroatoms. The number of carbonyl (C=O) groups is 1. The highest BCUT2D eigenvalue weighted by Crippen LogP contribution is 2.21. The van der Waals surface area contributed by atoms with Crippen LogP contribution < -0.4 is 4.90 Å². The van der Waals surface area contributed by atoms with Crippen LogP contribution in [0.15, 0.2) is 48.7 Å². The van der Waals surface area contributed by atoms with E-state index in [1.54, 1.807) is 18.3 Å². The molecule has 1 fully saturated rings. The van der Waals surface area contributed by atoms with E-state index >= 15 is 0 Å². The van der Waals surface area contributed by atoms with E-state index in [1.165, 1.54) is 18.2 Å². The Labute approximate surface area is 157 Å². The van der Waals surface area contributed by atoms with Gasteiger partial charge in [0.15, 0.2) is 0 Å². The maximum Gasteiger partial charge on any atom is 0.331 e. The lowest BCUT2D eigenvalue weighted by Gasteiger charge is -2.32. The number of halogens is 2. The van der Waals surface area contributed by atoms with Gasteiger partial charge >= 0.3 is 5.97 Å². The Morgan fingerprint density at radius 3 is 2.54 bits per heavy atom. The van der Waals surface area contributed by atoms with Gasteiger partial charge in [0.25, 0.3) is 0 Å². The Kier molecular flexibility index (Phi) is 5.89. The summed E-state index contributed by atoms with van der Waals surface area (Å²) < 4.78 is 18.5. The van der Waals surface area contributed by atoms with Gasteiger partial charge in [-0.1, -0.05) is 23.7 Å². The molecule has 3 rings (SSSR count). The monoisotopic (exact) mass is 374 g/mol. The summed E-state index contributed by atoms with van der Waals surface area (Å²) >= 11 is 5.86. The van der Waals surface area contributed by atoms with E-state index in [0.29, 0.717) is 5.02 Å². The molecule has 2 aromatic rings. The topological polar surface area (TPSA) is 42.4 Å². The van der Waals surface area contributed by atoms with Gasteiger partial charge < -0.3 is 9.64 Å². The first-order chi connectivity index (χ1) is 12.5. The molecule has 26 heavy (non-hydrogen) atoms. The van der Waals surface area contributed by atoms with Crippen molar-refractivity contribution in [2.45, 2.75) is 25.9 Å². The minimum Gasteiger partial charge on any atom is -0.459 e. The van der Waals surface area contributed by atoms with Crippen molar-refractivity contribution < 1.29 is 13.9 Å². The number of allylic oxidation sites excluding steroid dienone is 1. The number of nitrogens with zero attached hydrogens (tertiary/aromatic N) is 2. The van der Waals surface area contributed by atoms with E-state index in [9.17, 15) is 9.18 Å². The molecule has 0 amide bonds. The summed E-state index contributed by atoms with van der Waals surface area (Å²) in [5, 5.41) is 0.612. The third kappa shape index (κ3) is 4.82. The van der Waals surface area contributed by atoms with Crippen molar-refractivity contribution in [1.29, 1.82) is 0 Å². The van der Waals surface area contributed by atoms with Crippen LogP contribution in [0.2, 0.25) is 5.02 Å². The molecule has 4 nitrogen and oxygen atoms in total. The van der Waals surface area contributed by atoms with Gasteiger partial charge in [-0.05, 0) is 42.3 Å². The predicted molar refractivity (Wildman–Crippen MR) is 101 cm³/mol. The molecule has 0 atom stereocenters. The maximum absolute atomic E-state index is 13.0. The van der Waals surface area contributed by atoms with E-state index in [2.05, 4.69) is 9.88 Å². The number of piperidine rings is 1. The number of pyridine rings is 1. The smallest absolute Gasteiger partial charge is 0.331 e.